The van der Waals surface area contributed by atoms with Gasteiger partial charge >= 0.3 is 0 Å². The van der Waals surface area contributed by atoms with Crippen LogP contribution in [0.5, 0.6) is 5.88 Å². The molecule has 0 aromatic carbocycles. The van der Waals surface area contributed by atoms with Gasteiger partial charge in [0.25, 0.3) is 11.8 Å². The van der Waals surface area contributed by atoms with E-state index in [0.29, 0.717) is 26.1 Å². The zero-order valence-corrected chi connectivity index (χ0v) is 14.3. The Morgan fingerprint density at radius 3 is 3.12 bits per heavy atom. The Labute approximate surface area is 142 Å². The largest absolute Gasteiger partial charge is 0.479 e. The average molecular weight is 354 g/mol. The summed E-state index contributed by atoms with van der Waals surface area (Å²) >= 11 is 1.58. The topological polar surface area (TPSA) is 80.5 Å². The number of ether oxygens (including phenoxy) is 1. The summed E-state index contributed by atoms with van der Waals surface area (Å²) in [6, 6.07) is 1.34. The minimum Gasteiger partial charge on any atom is -0.479 e. The number of carbonyl (C=O) groups excluding carboxylic acids is 1. The first-order valence-corrected chi connectivity index (χ1v) is 8.51. The van der Waals surface area contributed by atoms with Gasteiger partial charge in [-0.1, -0.05) is 0 Å². The van der Waals surface area contributed by atoms with E-state index in [1.54, 1.807) is 11.3 Å². The molecule has 0 spiro atoms. The summed E-state index contributed by atoms with van der Waals surface area (Å²) in [5, 5.41) is 9.32. The van der Waals surface area contributed by atoms with Crippen molar-refractivity contribution in [2.45, 2.75) is 32.1 Å². The number of aryl methyl sites for hydroxylation is 1. The van der Waals surface area contributed by atoms with E-state index in [1.165, 1.54) is 13.2 Å². The first-order valence-electron chi connectivity index (χ1n) is 7.63. The molecule has 0 radical (unpaired) electrons. The number of alkyl halides is 1. The first-order chi connectivity index (χ1) is 11.5. The lowest BCUT2D eigenvalue weighted by Crippen LogP contribution is -2.39. The Hall–Kier alpha value is -2.00. The van der Waals surface area contributed by atoms with Crippen LogP contribution in [-0.4, -0.2) is 53.4 Å². The molecule has 3 heterocycles. The highest BCUT2D eigenvalue weighted by Crippen LogP contribution is 2.23. The molecule has 1 saturated heterocycles. The Morgan fingerprint density at radius 1 is 1.62 bits per heavy atom. The van der Waals surface area contributed by atoms with Gasteiger partial charge in [-0.2, -0.15) is 0 Å². The van der Waals surface area contributed by atoms with Crippen LogP contribution in [0.25, 0.3) is 0 Å². The zero-order valence-electron chi connectivity index (χ0n) is 13.5. The monoisotopic (exact) mass is 354 g/mol. The normalized spacial score (nSPS) is 21.1. The van der Waals surface area contributed by atoms with Gasteiger partial charge < -0.3 is 14.6 Å². The number of likely N-dealkylation sites (tertiary alicyclic amines) is 1. The summed E-state index contributed by atoms with van der Waals surface area (Å²) in [6.45, 7) is 3.22. The third-order valence-electron chi connectivity index (χ3n) is 3.93. The Balaban J connectivity index is 1.57. The van der Waals surface area contributed by atoms with E-state index in [0.717, 1.165) is 10.7 Å². The number of hydrogen-bond acceptors (Lipinski definition) is 7. The van der Waals surface area contributed by atoms with Crippen LogP contribution in [0.1, 0.15) is 27.7 Å². The fourth-order valence-electron chi connectivity index (χ4n) is 2.78. The maximum absolute atomic E-state index is 13.8. The molecule has 1 aliphatic heterocycles. The van der Waals surface area contributed by atoms with Gasteiger partial charge in [0.2, 0.25) is 5.76 Å². The van der Waals surface area contributed by atoms with Gasteiger partial charge in [-0.05, 0) is 18.5 Å². The molecule has 130 valence electrons. The van der Waals surface area contributed by atoms with Crippen LogP contribution in [0.15, 0.2) is 16.0 Å². The van der Waals surface area contributed by atoms with Gasteiger partial charge in [0, 0.05) is 31.1 Å². The number of aromatic nitrogens is 2. The highest BCUT2D eigenvalue weighted by atomic mass is 32.1. The molecule has 2 atom stereocenters. The molecule has 1 amide bonds. The number of nitrogens with zero attached hydrogens (tertiary/aromatic N) is 3. The van der Waals surface area contributed by atoms with Crippen molar-refractivity contribution in [2.24, 2.45) is 0 Å². The fourth-order valence-corrected chi connectivity index (χ4v) is 3.38. The van der Waals surface area contributed by atoms with Crippen LogP contribution in [0.3, 0.4) is 0 Å². The van der Waals surface area contributed by atoms with E-state index in [-0.39, 0.29) is 17.7 Å². The maximum Gasteiger partial charge on any atom is 0.290 e. The van der Waals surface area contributed by atoms with Gasteiger partial charge in [0.05, 0.1) is 23.9 Å². The van der Waals surface area contributed by atoms with Crippen molar-refractivity contribution in [2.75, 3.05) is 20.2 Å². The lowest BCUT2D eigenvalue weighted by atomic mass is 10.2. The molecule has 7 nitrogen and oxygen atoms in total. The second-order valence-electron chi connectivity index (χ2n) is 5.72. The minimum atomic E-state index is -0.892. The first kappa shape index (κ1) is 16.8. The van der Waals surface area contributed by atoms with Crippen LogP contribution in [-0.2, 0) is 6.54 Å². The standard InChI is InChI=1S/C15H19FN4O3S/c1-9-18-11(8-24-9)7-20-6-10(16)3-12(20)5-17-15(21)13-4-14(22-2)19-23-13/h4,8,10,12H,3,5-7H2,1-2H3,(H,17,21)/t10-,12-/m0/s1. The van der Waals surface area contributed by atoms with Crippen LogP contribution < -0.4 is 10.1 Å². The molecule has 0 aliphatic carbocycles. The molecule has 1 N–H and O–H groups in total. The highest BCUT2D eigenvalue weighted by molar-refractivity contribution is 7.09. The molecule has 1 fully saturated rings. The van der Waals surface area contributed by atoms with Crippen LogP contribution in [0.2, 0.25) is 0 Å². The number of methoxy groups -OCH3 is 1. The smallest absolute Gasteiger partial charge is 0.290 e. The summed E-state index contributed by atoms with van der Waals surface area (Å²) in [5.74, 6) is -0.0775. The summed E-state index contributed by atoms with van der Waals surface area (Å²) in [7, 11) is 1.44. The molecule has 2 aromatic heterocycles. The van der Waals surface area contributed by atoms with Gasteiger partial charge in [0.15, 0.2) is 0 Å². The van der Waals surface area contributed by atoms with E-state index >= 15 is 0 Å². The van der Waals surface area contributed by atoms with Crippen molar-refractivity contribution >= 4 is 17.2 Å². The van der Waals surface area contributed by atoms with Gasteiger partial charge in [-0.15, -0.1) is 11.3 Å². The molecule has 2 aromatic rings. The second-order valence-corrected chi connectivity index (χ2v) is 6.78. The molecule has 3 rings (SSSR count). The third kappa shape index (κ3) is 3.90. The van der Waals surface area contributed by atoms with Crippen LogP contribution in [0, 0.1) is 6.92 Å². The second kappa shape index (κ2) is 7.27. The molecule has 0 saturated carbocycles. The van der Waals surface area contributed by atoms with Gasteiger partial charge in [0.1, 0.15) is 6.17 Å². The molecule has 1 aliphatic rings. The number of thiazole rings is 1. The number of carbonyl (C=O) groups is 1. The van der Waals surface area contributed by atoms with E-state index in [1.807, 2.05) is 17.2 Å². The van der Waals surface area contributed by atoms with Crippen LogP contribution in [0.4, 0.5) is 4.39 Å². The third-order valence-corrected chi connectivity index (χ3v) is 4.75. The number of hydrogen-bond donors (Lipinski definition) is 1. The zero-order chi connectivity index (χ0) is 17.1. The quantitative estimate of drug-likeness (QED) is 0.852. The summed E-state index contributed by atoms with van der Waals surface area (Å²) < 4.78 is 23.6. The minimum absolute atomic E-state index is 0.0725. The molecule has 9 heteroatoms. The van der Waals surface area contributed by atoms with E-state index in [2.05, 4.69) is 15.5 Å². The number of amides is 1. The molecule has 0 unspecified atom stereocenters. The van der Waals surface area contributed by atoms with Gasteiger partial charge in [-0.3, -0.25) is 9.69 Å². The molecular weight excluding hydrogens is 335 g/mol. The number of rotatable bonds is 6. The Bertz CT molecular complexity index is 704. The van der Waals surface area contributed by atoms with Crippen molar-refractivity contribution in [3.8, 4) is 5.88 Å². The summed E-state index contributed by atoms with van der Waals surface area (Å²) in [5.41, 5.74) is 0.933. The lowest BCUT2D eigenvalue weighted by molar-refractivity contribution is 0.0902. The highest BCUT2D eigenvalue weighted by Gasteiger charge is 2.32. The SMILES string of the molecule is COc1cc(C(=O)NC[C@@H]2C[C@H](F)CN2Cc2csc(C)n2)on1. The fraction of sp³-hybridized carbons (Fsp3) is 0.533. The van der Waals surface area contributed by atoms with E-state index in [4.69, 9.17) is 9.26 Å². The maximum atomic E-state index is 13.8. The Kier molecular flexibility index (Phi) is 5.10. The molecular formula is C15H19FN4O3S. The lowest BCUT2D eigenvalue weighted by Gasteiger charge is -2.23. The van der Waals surface area contributed by atoms with Gasteiger partial charge in [-0.25, -0.2) is 9.37 Å². The van der Waals surface area contributed by atoms with E-state index < -0.39 is 12.1 Å². The van der Waals surface area contributed by atoms with Crippen molar-refractivity contribution in [3.05, 3.63) is 27.9 Å². The van der Waals surface area contributed by atoms with Crippen LogP contribution >= 0.6 is 11.3 Å². The predicted molar refractivity (Wildman–Crippen MR) is 86.0 cm³/mol. The van der Waals surface area contributed by atoms with Crippen molar-refractivity contribution in [1.82, 2.24) is 20.4 Å². The Morgan fingerprint density at radius 2 is 2.46 bits per heavy atom. The molecule has 0 bridgehead atoms. The van der Waals surface area contributed by atoms with E-state index in [9.17, 15) is 9.18 Å². The summed E-state index contributed by atoms with van der Waals surface area (Å²) in [4.78, 5) is 18.5. The van der Waals surface area contributed by atoms with Crippen molar-refractivity contribution in [3.63, 3.8) is 0 Å². The molecule has 24 heavy (non-hydrogen) atoms. The number of halogens is 1. The average Bonchev–Trinajstić information content (AvgIpc) is 3.26. The van der Waals surface area contributed by atoms with Crippen molar-refractivity contribution in [1.29, 1.82) is 0 Å². The number of nitrogens with one attached hydrogen (secondary N) is 1. The summed E-state index contributed by atoms with van der Waals surface area (Å²) in [6.07, 6.45) is -0.500. The van der Waals surface area contributed by atoms with Crippen molar-refractivity contribution < 1.29 is 18.4 Å². The predicted octanol–water partition coefficient (Wildman–Crippen LogP) is 1.79.